The minimum atomic E-state index is 0.167. The van der Waals surface area contributed by atoms with E-state index >= 15 is 0 Å². The van der Waals surface area contributed by atoms with Crippen LogP contribution >= 0.6 is 11.3 Å². The molecule has 0 amide bonds. The van der Waals surface area contributed by atoms with Gasteiger partial charge in [-0.25, -0.2) is 4.98 Å². The molecule has 0 aliphatic heterocycles. The Morgan fingerprint density at radius 1 is 1.32 bits per heavy atom. The zero-order chi connectivity index (χ0) is 13.7. The molecule has 1 aromatic carbocycles. The Balaban J connectivity index is 1.91. The van der Waals surface area contributed by atoms with Crippen molar-refractivity contribution in [3.63, 3.8) is 0 Å². The molecule has 1 aromatic heterocycles. The second kappa shape index (κ2) is 6.54. The van der Waals surface area contributed by atoms with Gasteiger partial charge in [0.2, 0.25) is 0 Å². The van der Waals surface area contributed by atoms with Crippen LogP contribution in [0.4, 0.5) is 11.4 Å². The average molecular weight is 277 g/mol. The second-order valence-corrected chi connectivity index (χ2v) is 5.37. The summed E-state index contributed by atoms with van der Waals surface area (Å²) in [6, 6.07) is 8.18. The molecule has 0 spiro atoms. The quantitative estimate of drug-likeness (QED) is 0.851. The third kappa shape index (κ3) is 3.94. The first kappa shape index (κ1) is 13.8. The van der Waals surface area contributed by atoms with Gasteiger partial charge in [0.1, 0.15) is 5.01 Å². The number of aromatic nitrogens is 1. The molecule has 0 unspecified atom stereocenters. The van der Waals surface area contributed by atoms with Gasteiger partial charge in [-0.2, -0.15) is 0 Å². The van der Waals surface area contributed by atoms with Crippen molar-refractivity contribution in [3.05, 3.63) is 40.3 Å². The molecule has 0 fully saturated rings. The highest BCUT2D eigenvalue weighted by Crippen LogP contribution is 2.18. The molecule has 102 valence electrons. The van der Waals surface area contributed by atoms with Gasteiger partial charge < -0.3 is 15.3 Å². The number of rotatable bonds is 6. The van der Waals surface area contributed by atoms with Crippen molar-refractivity contribution in [1.82, 2.24) is 4.98 Å². The molecule has 0 aliphatic carbocycles. The lowest BCUT2D eigenvalue weighted by Crippen LogP contribution is -2.20. The van der Waals surface area contributed by atoms with E-state index in [1.54, 1.807) is 11.3 Å². The number of anilines is 2. The SMILES string of the molecule is Cc1csc(CNc2ccc(N(C)CCO)cc2)n1. The van der Waals surface area contributed by atoms with E-state index in [0.717, 1.165) is 28.6 Å². The van der Waals surface area contributed by atoms with Gasteiger partial charge in [0.05, 0.1) is 13.2 Å². The highest BCUT2D eigenvalue weighted by Gasteiger charge is 2.01. The van der Waals surface area contributed by atoms with Crippen LogP contribution in [0.5, 0.6) is 0 Å². The standard InChI is InChI=1S/C14H19N3OS/c1-11-10-19-14(16-11)9-15-12-3-5-13(6-4-12)17(2)7-8-18/h3-6,10,15,18H,7-9H2,1-2H3. The van der Waals surface area contributed by atoms with Crippen molar-refractivity contribution in [3.8, 4) is 0 Å². The molecule has 0 bridgehead atoms. The number of nitrogens with one attached hydrogen (secondary N) is 1. The monoisotopic (exact) mass is 277 g/mol. The van der Waals surface area contributed by atoms with Crippen LogP contribution in [0, 0.1) is 6.92 Å². The Morgan fingerprint density at radius 2 is 2.05 bits per heavy atom. The summed E-state index contributed by atoms with van der Waals surface area (Å²) < 4.78 is 0. The fraction of sp³-hybridized carbons (Fsp3) is 0.357. The van der Waals surface area contributed by atoms with E-state index in [9.17, 15) is 0 Å². The first-order valence-electron chi connectivity index (χ1n) is 6.26. The zero-order valence-electron chi connectivity index (χ0n) is 11.3. The molecule has 2 N–H and O–H groups in total. The van der Waals surface area contributed by atoms with E-state index in [4.69, 9.17) is 5.11 Å². The highest BCUT2D eigenvalue weighted by atomic mass is 32.1. The lowest BCUT2D eigenvalue weighted by molar-refractivity contribution is 0.304. The van der Waals surface area contributed by atoms with Crippen molar-refractivity contribution in [2.75, 3.05) is 30.4 Å². The van der Waals surface area contributed by atoms with Gasteiger partial charge in [-0.3, -0.25) is 0 Å². The van der Waals surface area contributed by atoms with Gasteiger partial charge in [-0.15, -0.1) is 11.3 Å². The topological polar surface area (TPSA) is 48.4 Å². The molecule has 0 atom stereocenters. The predicted octanol–water partition coefficient (Wildman–Crippen LogP) is 2.49. The summed E-state index contributed by atoms with van der Waals surface area (Å²) in [5, 5.41) is 15.4. The summed E-state index contributed by atoms with van der Waals surface area (Å²) in [4.78, 5) is 6.44. The van der Waals surface area contributed by atoms with E-state index in [-0.39, 0.29) is 6.61 Å². The van der Waals surface area contributed by atoms with Crippen molar-refractivity contribution in [2.24, 2.45) is 0 Å². The van der Waals surface area contributed by atoms with Crippen LogP contribution in [0.1, 0.15) is 10.7 Å². The van der Waals surface area contributed by atoms with Crippen molar-refractivity contribution in [1.29, 1.82) is 0 Å². The Bertz CT molecular complexity index is 510. The van der Waals surface area contributed by atoms with E-state index in [1.165, 1.54) is 0 Å². The van der Waals surface area contributed by atoms with E-state index < -0.39 is 0 Å². The fourth-order valence-corrected chi connectivity index (χ4v) is 2.49. The Kier molecular flexibility index (Phi) is 4.76. The summed E-state index contributed by atoms with van der Waals surface area (Å²) in [6.45, 7) is 3.57. The van der Waals surface area contributed by atoms with Crippen molar-refractivity contribution >= 4 is 22.7 Å². The van der Waals surface area contributed by atoms with Gasteiger partial charge in [0, 0.05) is 36.0 Å². The summed E-state index contributed by atoms with van der Waals surface area (Å²) in [6.07, 6.45) is 0. The van der Waals surface area contributed by atoms with Gasteiger partial charge in [-0.05, 0) is 31.2 Å². The molecular weight excluding hydrogens is 258 g/mol. The molecule has 2 rings (SSSR count). The molecule has 0 aliphatic rings. The third-order valence-electron chi connectivity index (χ3n) is 2.85. The minimum absolute atomic E-state index is 0.167. The molecule has 2 aromatic rings. The lowest BCUT2D eigenvalue weighted by atomic mass is 10.2. The number of aliphatic hydroxyl groups is 1. The van der Waals surface area contributed by atoms with Crippen LogP contribution in [0.2, 0.25) is 0 Å². The summed E-state index contributed by atoms with van der Waals surface area (Å²) >= 11 is 1.67. The van der Waals surface area contributed by atoms with E-state index in [2.05, 4.69) is 15.7 Å². The summed E-state index contributed by atoms with van der Waals surface area (Å²) in [5.74, 6) is 0. The predicted molar refractivity (Wildman–Crippen MR) is 81.0 cm³/mol. The molecule has 5 heteroatoms. The Hall–Kier alpha value is -1.59. The van der Waals surface area contributed by atoms with Crippen LogP contribution in [0.3, 0.4) is 0 Å². The van der Waals surface area contributed by atoms with Gasteiger partial charge in [-0.1, -0.05) is 0 Å². The Morgan fingerprint density at radius 3 is 2.63 bits per heavy atom. The number of hydrogen-bond donors (Lipinski definition) is 2. The van der Waals surface area contributed by atoms with Crippen molar-refractivity contribution in [2.45, 2.75) is 13.5 Å². The van der Waals surface area contributed by atoms with Gasteiger partial charge in [0.25, 0.3) is 0 Å². The van der Waals surface area contributed by atoms with E-state index in [0.29, 0.717) is 6.54 Å². The maximum Gasteiger partial charge on any atom is 0.112 e. The van der Waals surface area contributed by atoms with E-state index in [1.807, 2.05) is 43.1 Å². The number of benzene rings is 1. The molecular formula is C14H19N3OS. The number of nitrogens with zero attached hydrogens (tertiary/aromatic N) is 2. The molecule has 19 heavy (non-hydrogen) atoms. The maximum atomic E-state index is 8.91. The molecule has 4 nitrogen and oxygen atoms in total. The highest BCUT2D eigenvalue weighted by molar-refractivity contribution is 7.09. The zero-order valence-corrected chi connectivity index (χ0v) is 12.1. The Labute approximate surface area is 117 Å². The minimum Gasteiger partial charge on any atom is -0.395 e. The largest absolute Gasteiger partial charge is 0.395 e. The molecule has 0 radical (unpaired) electrons. The number of hydrogen-bond acceptors (Lipinski definition) is 5. The summed E-state index contributed by atoms with van der Waals surface area (Å²) in [7, 11) is 1.97. The van der Waals surface area contributed by atoms with Crippen LogP contribution in [-0.4, -0.2) is 30.3 Å². The fourth-order valence-electron chi connectivity index (χ4n) is 1.77. The van der Waals surface area contributed by atoms with Gasteiger partial charge in [0.15, 0.2) is 0 Å². The number of likely N-dealkylation sites (N-methyl/N-ethyl adjacent to an activating group) is 1. The first-order valence-corrected chi connectivity index (χ1v) is 7.14. The average Bonchev–Trinajstić information content (AvgIpc) is 2.83. The van der Waals surface area contributed by atoms with Crippen molar-refractivity contribution < 1.29 is 5.11 Å². The maximum absolute atomic E-state index is 8.91. The molecule has 0 saturated carbocycles. The van der Waals surface area contributed by atoms with Crippen LogP contribution < -0.4 is 10.2 Å². The number of aliphatic hydroxyl groups excluding tert-OH is 1. The lowest BCUT2D eigenvalue weighted by Gasteiger charge is -2.18. The normalized spacial score (nSPS) is 10.5. The van der Waals surface area contributed by atoms with Crippen LogP contribution in [-0.2, 0) is 6.54 Å². The second-order valence-electron chi connectivity index (χ2n) is 4.43. The van der Waals surface area contributed by atoms with Crippen LogP contribution in [0.25, 0.3) is 0 Å². The third-order valence-corrected chi connectivity index (χ3v) is 3.82. The first-order chi connectivity index (χ1) is 9.19. The number of aryl methyl sites for hydroxylation is 1. The number of thiazole rings is 1. The summed E-state index contributed by atoms with van der Waals surface area (Å²) in [5.41, 5.74) is 3.25. The molecule has 0 saturated heterocycles. The van der Waals surface area contributed by atoms with Gasteiger partial charge >= 0.3 is 0 Å². The molecule has 1 heterocycles. The smallest absolute Gasteiger partial charge is 0.112 e. The van der Waals surface area contributed by atoms with Crippen LogP contribution in [0.15, 0.2) is 29.6 Å².